The Labute approximate surface area is 119 Å². The van der Waals surface area contributed by atoms with Crippen LogP contribution in [0.15, 0.2) is 18.2 Å². The average Bonchev–Trinajstić information content (AvgIpc) is 3.02. The van der Waals surface area contributed by atoms with Crippen LogP contribution in [-0.4, -0.2) is 29.0 Å². The molecule has 0 spiro atoms. The lowest BCUT2D eigenvalue weighted by Gasteiger charge is -2.14. The Hall–Kier alpha value is -2.11. The summed E-state index contributed by atoms with van der Waals surface area (Å²) in [4.78, 5) is 37.2. The molecule has 4 nitrogen and oxygen atoms in total. The van der Waals surface area contributed by atoms with Crippen molar-refractivity contribution in [2.24, 2.45) is 11.8 Å². The molecule has 1 heterocycles. The molecule has 2 aliphatic rings. The number of imide groups is 1. The minimum Gasteiger partial charge on any atom is -0.292 e. The fraction of sp³-hybridized carbons (Fsp3) is 0.400. The van der Waals surface area contributed by atoms with E-state index in [0.717, 1.165) is 29.5 Å². The Bertz CT molecular complexity index is 622. The highest BCUT2D eigenvalue weighted by Crippen LogP contribution is 2.39. The van der Waals surface area contributed by atoms with E-state index in [1.807, 2.05) is 0 Å². The number of fused-ring (bicyclic) bond motifs is 1. The van der Waals surface area contributed by atoms with Crippen LogP contribution in [0.2, 0.25) is 0 Å². The first-order valence-corrected chi connectivity index (χ1v) is 6.82. The molecule has 0 aromatic heterocycles. The SMILES string of the molecule is O=C(CN1C(=O)C2CCCC2C1=O)c1ccc(F)c(F)c1. The van der Waals surface area contributed by atoms with Crippen LogP contribution in [0.5, 0.6) is 0 Å². The van der Waals surface area contributed by atoms with E-state index in [2.05, 4.69) is 0 Å². The number of hydrogen-bond donors (Lipinski definition) is 0. The van der Waals surface area contributed by atoms with Gasteiger partial charge in [-0.1, -0.05) is 6.42 Å². The zero-order chi connectivity index (χ0) is 15.1. The van der Waals surface area contributed by atoms with Crippen molar-refractivity contribution in [2.75, 3.05) is 6.54 Å². The van der Waals surface area contributed by atoms with Crippen LogP contribution in [-0.2, 0) is 9.59 Å². The summed E-state index contributed by atoms with van der Waals surface area (Å²) in [6.45, 7) is -0.407. The van der Waals surface area contributed by atoms with Gasteiger partial charge in [0.05, 0.1) is 18.4 Å². The zero-order valence-electron chi connectivity index (χ0n) is 11.1. The maximum atomic E-state index is 13.1. The van der Waals surface area contributed by atoms with Crippen molar-refractivity contribution in [3.8, 4) is 0 Å². The summed E-state index contributed by atoms with van der Waals surface area (Å²) in [7, 11) is 0. The van der Waals surface area contributed by atoms with Gasteiger partial charge in [-0.15, -0.1) is 0 Å². The van der Waals surface area contributed by atoms with Crippen molar-refractivity contribution in [1.82, 2.24) is 4.90 Å². The van der Waals surface area contributed by atoms with Crippen LogP contribution in [0.1, 0.15) is 29.6 Å². The van der Waals surface area contributed by atoms with Gasteiger partial charge in [-0.05, 0) is 31.0 Å². The van der Waals surface area contributed by atoms with Crippen molar-refractivity contribution < 1.29 is 23.2 Å². The van der Waals surface area contributed by atoms with Crippen LogP contribution in [0.4, 0.5) is 8.78 Å². The van der Waals surface area contributed by atoms with Crippen molar-refractivity contribution in [3.63, 3.8) is 0 Å². The highest BCUT2D eigenvalue weighted by Gasteiger charge is 2.49. The first kappa shape index (κ1) is 13.9. The summed E-state index contributed by atoms with van der Waals surface area (Å²) in [6, 6.07) is 2.78. The van der Waals surface area contributed by atoms with Crippen molar-refractivity contribution in [1.29, 1.82) is 0 Å². The number of likely N-dealkylation sites (tertiary alicyclic amines) is 1. The first-order valence-electron chi connectivity index (χ1n) is 6.82. The average molecular weight is 293 g/mol. The minimum absolute atomic E-state index is 0.0495. The Morgan fingerprint density at radius 3 is 2.29 bits per heavy atom. The molecule has 2 amide bonds. The molecule has 1 aliphatic heterocycles. The van der Waals surface area contributed by atoms with Crippen LogP contribution >= 0.6 is 0 Å². The zero-order valence-corrected chi connectivity index (χ0v) is 11.1. The van der Waals surface area contributed by atoms with Crippen molar-refractivity contribution >= 4 is 17.6 Å². The number of halogens is 2. The summed E-state index contributed by atoms with van der Waals surface area (Å²) in [5.74, 6) is -4.01. The van der Waals surface area contributed by atoms with Gasteiger partial charge in [0.1, 0.15) is 0 Å². The maximum Gasteiger partial charge on any atom is 0.233 e. The molecule has 2 unspecified atom stereocenters. The highest BCUT2D eigenvalue weighted by molar-refractivity contribution is 6.10. The third kappa shape index (κ3) is 2.24. The molecule has 0 bridgehead atoms. The summed E-state index contributed by atoms with van der Waals surface area (Å²) in [5, 5.41) is 0. The monoisotopic (exact) mass is 293 g/mol. The van der Waals surface area contributed by atoms with Gasteiger partial charge in [-0.2, -0.15) is 0 Å². The van der Waals surface area contributed by atoms with E-state index < -0.39 is 24.0 Å². The molecule has 110 valence electrons. The van der Waals surface area contributed by atoms with Crippen molar-refractivity contribution in [3.05, 3.63) is 35.4 Å². The van der Waals surface area contributed by atoms with Gasteiger partial charge in [0.15, 0.2) is 17.4 Å². The molecule has 21 heavy (non-hydrogen) atoms. The Balaban J connectivity index is 1.77. The molecular formula is C15H13F2NO3. The topological polar surface area (TPSA) is 54.5 Å². The largest absolute Gasteiger partial charge is 0.292 e. The number of carbonyl (C=O) groups excluding carboxylic acids is 3. The quantitative estimate of drug-likeness (QED) is 0.632. The number of Topliss-reactive ketones (excluding diaryl/α,β-unsaturated/α-hetero) is 1. The lowest BCUT2D eigenvalue weighted by atomic mass is 10.00. The van der Waals surface area contributed by atoms with E-state index >= 15 is 0 Å². The smallest absolute Gasteiger partial charge is 0.233 e. The second-order valence-corrected chi connectivity index (χ2v) is 5.46. The maximum absolute atomic E-state index is 13.1. The predicted molar refractivity (Wildman–Crippen MR) is 68.2 cm³/mol. The van der Waals surface area contributed by atoms with E-state index in [1.165, 1.54) is 0 Å². The molecule has 0 N–H and O–H groups in total. The summed E-state index contributed by atoms with van der Waals surface area (Å²) < 4.78 is 26.0. The molecule has 2 fully saturated rings. The van der Waals surface area contributed by atoms with E-state index in [4.69, 9.17) is 0 Å². The number of carbonyl (C=O) groups is 3. The molecule has 1 saturated carbocycles. The fourth-order valence-corrected chi connectivity index (χ4v) is 3.12. The van der Waals surface area contributed by atoms with Crippen molar-refractivity contribution in [2.45, 2.75) is 19.3 Å². The lowest BCUT2D eigenvalue weighted by Crippen LogP contribution is -2.36. The van der Waals surface area contributed by atoms with Gasteiger partial charge >= 0.3 is 0 Å². The third-order valence-electron chi connectivity index (χ3n) is 4.23. The molecule has 3 rings (SSSR count). The second kappa shape index (κ2) is 5.02. The van der Waals surface area contributed by atoms with E-state index in [-0.39, 0.29) is 29.2 Å². The molecule has 6 heteroatoms. The van der Waals surface area contributed by atoms with Crippen LogP contribution in [0.3, 0.4) is 0 Å². The number of amides is 2. The Morgan fingerprint density at radius 2 is 1.71 bits per heavy atom. The van der Waals surface area contributed by atoms with Gasteiger partial charge in [-0.3, -0.25) is 19.3 Å². The van der Waals surface area contributed by atoms with E-state index in [0.29, 0.717) is 12.8 Å². The van der Waals surface area contributed by atoms with Gasteiger partial charge in [0.25, 0.3) is 0 Å². The van der Waals surface area contributed by atoms with Gasteiger partial charge in [-0.25, -0.2) is 8.78 Å². The Kier molecular flexibility index (Phi) is 3.31. The van der Waals surface area contributed by atoms with Crippen LogP contribution in [0.25, 0.3) is 0 Å². The van der Waals surface area contributed by atoms with Crippen LogP contribution < -0.4 is 0 Å². The standard InChI is InChI=1S/C15H13F2NO3/c16-11-5-4-8(6-12(11)17)13(19)7-18-14(20)9-2-1-3-10(9)15(18)21/h4-6,9-10H,1-3,7H2. The predicted octanol–water partition coefficient (Wildman–Crippen LogP) is 1.93. The molecule has 0 radical (unpaired) electrons. The lowest BCUT2D eigenvalue weighted by molar-refractivity contribution is -0.139. The number of ketones is 1. The minimum atomic E-state index is -1.13. The Morgan fingerprint density at radius 1 is 1.10 bits per heavy atom. The molecule has 1 aromatic carbocycles. The number of hydrogen-bond acceptors (Lipinski definition) is 3. The number of nitrogens with zero attached hydrogens (tertiary/aromatic N) is 1. The summed E-state index contributed by atoms with van der Waals surface area (Å²) in [6.07, 6.45) is 2.19. The second-order valence-electron chi connectivity index (χ2n) is 5.46. The van der Waals surface area contributed by atoms with E-state index in [1.54, 1.807) is 0 Å². The molecule has 1 saturated heterocycles. The van der Waals surface area contributed by atoms with Crippen LogP contribution in [0, 0.1) is 23.5 Å². The molecular weight excluding hydrogens is 280 g/mol. The number of benzene rings is 1. The molecule has 1 aromatic rings. The third-order valence-corrected chi connectivity index (χ3v) is 4.23. The summed E-state index contributed by atoms with van der Waals surface area (Å²) >= 11 is 0. The van der Waals surface area contributed by atoms with Gasteiger partial charge in [0, 0.05) is 5.56 Å². The molecule has 1 aliphatic carbocycles. The normalized spacial score (nSPS) is 24.6. The fourth-order valence-electron chi connectivity index (χ4n) is 3.12. The summed E-state index contributed by atoms with van der Waals surface area (Å²) in [5.41, 5.74) is -0.0495. The molecule has 2 atom stereocenters. The van der Waals surface area contributed by atoms with Gasteiger partial charge in [0.2, 0.25) is 11.8 Å². The van der Waals surface area contributed by atoms with E-state index in [9.17, 15) is 23.2 Å². The number of rotatable bonds is 3. The first-order chi connectivity index (χ1) is 9.99. The van der Waals surface area contributed by atoms with Gasteiger partial charge < -0.3 is 0 Å². The highest BCUT2D eigenvalue weighted by atomic mass is 19.2.